The third kappa shape index (κ3) is 6.52. The van der Waals surface area contributed by atoms with Crippen molar-refractivity contribution in [2.45, 2.75) is 31.6 Å². The Morgan fingerprint density at radius 1 is 1.05 bits per heavy atom. The number of sulfonamides is 1. The van der Waals surface area contributed by atoms with Crippen LogP contribution in [0.15, 0.2) is 58.2 Å². The average molecular weight is 619 g/mol. The maximum atomic E-state index is 13.3. The van der Waals surface area contributed by atoms with Gasteiger partial charge in [0.15, 0.2) is 6.61 Å². The van der Waals surface area contributed by atoms with Gasteiger partial charge in [-0.15, -0.1) is 0 Å². The van der Waals surface area contributed by atoms with Crippen LogP contribution in [0.3, 0.4) is 0 Å². The van der Waals surface area contributed by atoms with Crippen molar-refractivity contribution in [2.75, 3.05) is 31.0 Å². The Balaban J connectivity index is 1.45. The standard InChI is InChI=1S/C28H31ClN4O8S/c1-4-40-27(36)19-12-14-32(15-13-19)24(34)17-41-28(37)22-16-21(10-11-23(22)29)42(38,39)30-25-18(2)31(3)33(26(25)35)20-8-6-5-7-9-20/h5-11,16,19,30H,4,12-15,17H2,1-3H3. The fourth-order valence-corrected chi connectivity index (χ4v) is 5.96. The molecular formula is C28H31ClN4O8S. The Bertz CT molecular complexity index is 1660. The number of carbonyl (C=O) groups excluding carboxylic acids is 3. The summed E-state index contributed by atoms with van der Waals surface area (Å²) in [5, 5.41) is -0.0797. The van der Waals surface area contributed by atoms with Gasteiger partial charge < -0.3 is 14.4 Å². The fraction of sp³-hybridized carbons (Fsp3) is 0.357. The van der Waals surface area contributed by atoms with Gasteiger partial charge in [-0.05, 0) is 57.0 Å². The molecule has 0 atom stereocenters. The lowest BCUT2D eigenvalue weighted by molar-refractivity contribution is -0.151. The number of rotatable bonds is 9. The second-order valence-corrected chi connectivity index (χ2v) is 11.8. The summed E-state index contributed by atoms with van der Waals surface area (Å²) in [6.07, 6.45) is 0.878. The zero-order valence-electron chi connectivity index (χ0n) is 23.3. The number of anilines is 1. The van der Waals surface area contributed by atoms with Crippen molar-refractivity contribution in [2.24, 2.45) is 13.0 Å². The van der Waals surface area contributed by atoms with Gasteiger partial charge in [0.25, 0.3) is 21.5 Å². The van der Waals surface area contributed by atoms with Crippen LogP contribution in [0, 0.1) is 12.8 Å². The highest BCUT2D eigenvalue weighted by atomic mass is 35.5. The number of aromatic nitrogens is 2. The third-order valence-corrected chi connectivity index (χ3v) is 8.73. The third-order valence-electron chi connectivity index (χ3n) is 7.05. The van der Waals surface area contributed by atoms with Crippen molar-refractivity contribution in [1.29, 1.82) is 0 Å². The number of piperidine rings is 1. The van der Waals surface area contributed by atoms with Gasteiger partial charge in [0.2, 0.25) is 0 Å². The van der Waals surface area contributed by atoms with E-state index in [4.69, 9.17) is 21.1 Å². The summed E-state index contributed by atoms with van der Waals surface area (Å²) in [7, 11) is -2.71. The molecule has 2 aromatic carbocycles. The Hall–Kier alpha value is -4.10. The quantitative estimate of drug-likeness (QED) is 0.360. The van der Waals surface area contributed by atoms with E-state index in [2.05, 4.69) is 4.72 Å². The lowest BCUT2D eigenvalue weighted by Gasteiger charge is -2.30. The summed E-state index contributed by atoms with van der Waals surface area (Å²) in [6.45, 7) is 3.65. The van der Waals surface area contributed by atoms with Gasteiger partial charge in [0, 0.05) is 20.1 Å². The molecule has 1 N–H and O–H groups in total. The second kappa shape index (κ2) is 12.8. The number of ether oxygens (including phenoxy) is 2. The van der Waals surface area contributed by atoms with Crippen molar-refractivity contribution in [1.82, 2.24) is 14.3 Å². The predicted octanol–water partition coefficient (Wildman–Crippen LogP) is 2.90. The van der Waals surface area contributed by atoms with E-state index in [-0.39, 0.29) is 39.7 Å². The van der Waals surface area contributed by atoms with Gasteiger partial charge in [-0.25, -0.2) is 17.9 Å². The molecule has 4 rings (SSSR count). The summed E-state index contributed by atoms with van der Waals surface area (Å²) < 4.78 is 41.9. The van der Waals surface area contributed by atoms with Crippen molar-refractivity contribution >= 4 is 45.2 Å². The van der Waals surface area contributed by atoms with Crippen molar-refractivity contribution in [3.8, 4) is 5.69 Å². The van der Waals surface area contributed by atoms with Crippen LogP contribution in [0.5, 0.6) is 0 Å². The van der Waals surface area contributed by atoms with Crippen LogP contribution in [-0.4, -0.2) is 66.8 Å². The van der Waals surface area contributed by atoms with Crippen LogP contribution in [-0.2, 0) is 36.1 Å². The molecule has 2 heterocycles. The predicted molar refractivity (Wildman–Crippen MR) is 154 cm³/mol. The number of nitrogens with zero attached hydrogens (tertiary/aromatic N) is 3. The molecule has 14 heteroatoms. The highest BCUT2D eigenvalue weighted by Gasteiger charge is 2.29. The normalized spacial score (nSPS) is 14.0. The summed E-state index contributed by atoms with van der Waals surface area (Å²) >= 11 is 6.17. The Labute approximate surface area is 247 Å². The largest absolute Gasteiger partial charge is 0.466 e. The number of nitrogens with one attached hydrogen (secondary N) is 1. The molecule has 12 nitrogen and oxygen atoms in total. The molecule has 1 aromatic heterocycles. The number of esters is 2. The van der Waals surface area contributed by atoms with Gasteiger partial charge in [0.05, 0.1) is 39.4 Å². The highest BCUT2D eigenvalue weighted by molar-refractivity contribution is 7.92. The molecule has 0 saturated carbocycles. The van der Waals surface area contributed by atoms with E-state index in [9.17, 15) is 27.6 Å². The molecule has 1 saturated heterocycles. The molecule has 1 aliphatic rings. The molecule has 224 valence electrons. The monoisotopic (exact) mass is 618 g/mol. The van der Waals surface area contributed by atoms with Crippen LogP contribution < -0.4 is 10.3 Å². The van der Waals surface area contributed by atoms with Crippen LogP contribution in [0.4, 0.5) is 5.69 Å². The Kier molecular flexibility index (Phi) is 9.42. The highest BCUT2D eigenvalue weighted by Crippen LogP contribution is 2.25. The molecule has 0 aliphatic carbocycles. The minimum atomic E-state index is -4.34. The van der Waals surface area contributed by atoms with E-state index in [1.807, 2.05) is 0 Å². The van der Waals surface area contributed by atoms with Crippen molar-refractivity contribution in [3.63, 3.8) is 0 Å². The zero-order valence-corrected chi connectivity index (χ0v) is 24.9. The number of carbonyl (C=O) groups is 3. The SMILES string of the molecule is CCOC(=O)C1CCN(C(=O)COC(=O)c2cc(S(=O)(=O)Nc3c(C)n(C)n(-c4ccccc4)c3=O)ccc2Cl)CC1. The zero-order chi connectivity index (χ0) is 30.6. The first-order valence-electron chi connectivity index (χ1n) is 13.2. The Morgan fingerprint density at radius 3 is 2.36 bits per heavy atom. The second-order valence-electron chi connectivity index (χ2n) is 9.67. The van der Waals surface area contributed by atoms with E-state index in [0.717, 1.165) is 6.07 Å². The fourth-order valence-electron chi connectivity index (χ4n) is 4.63. The number of hydrogen-bond donors (Lipinski definition) is 1. The van der Waals surface area contributed by atoms with E-state index >= 15 is 0 Å². The van der Waals surface area contributed by atoms with Crippen LogP contribution >= 0.6 is 11.6 Å². The molecule has 1 amide bonds. The molecule has 0 spiro atoms. The molecule has 0 unspecified atom stereocenters. The maximum Gasteiger partial charge on any atom is 0.340 e. The smallest absolute Gasteiger partial charge is 0.340 e. The van der Waals surface area contributed by atoms with Gasteiger partial charge in [-0.1, -0.05) is 29.8 Å². The van der Waals surface area contributed by atoms with Gasteiger partial charge in [-0.3, -0.25) is 23.8 Å². The summed E-state index contributed by atoms with van der Waals surface area (Å²) in [5.74, 6) is -2.02. The van der Waals surface area contributed by atoms with Crippen LogP contribution in [0.2, 0.25) is 5.02 Å². The first kappa shape index (κ1) is 30.8. The lowest BCUT2D eigenvalue weighted by atomic mass is 9.97. The van der Waals surface area contributed by atoms with Crippen molar-refractivity contribution in [3.05, 3.63) is 75.2 Å². The van der Waals surface area contributed by atoms with Gasteiger partial charge in [0.1, 0.15) is 5.69 Å². The number of para-hydroxylation sites is 1. The number of likely N-dealkylation sites (tertiary alicyclic amines) is 1. The number of benzene rings is 2. The first-order valence-corrected chi connectivity index (χ1v) is 15.1. The van der Waals surface area contributed by atoms with Crippen LogP contribution in [0.25, 0.3) is 5.69 Å². The molecule has 42 heavy (non-hydrogen) atoms. The summed E-state index contributed by atoms with van der Waals surface area (Å²) in [6, 6.07) is 12.2. The lowest BCUT2D eigenvalue weighted by Crippen LogP contribution is -2.42. The van der Waals surface area contributed by atoms with E-state index in [0.29, 0.717) is 37.3 Å². The summed E-state index contributed by atoms with van der Waals surface area (Å²) in [4.78, 5) is 51.7. The summed E-state index contributed by atoms with van der Waals surface area (Å²) in [5.41, 5.74) is -0.0837. The molecule has 3 aromatic rings. The topological polar surface area (TPSA) is 146 Å². The number of hydrogen-bond acceptors (Lipinski definition) is 8. The number of halogens is 1. The minimum absolute atomic E-state index is 0.0797. The maximum absolute atomic E-state index is 13.3. The van der Waals surface area contributed by atoms with E-state index in [1.54, 1.807) is 51.2 Å². The molecular weight excluding hydrogens is 588 g/mol. The molecule has 0 radical (unpaired) electrons. The molecule has 1 fully saturated rings. The first-order chi connectivity index (χ1) is 19.9. The van der Waals surface area contributed by atoms with E-state index < -0.39 is 34.1 Å². The average Bonchev–Trinajstić information content (AvgIpc) is 3.18. The van der Waals surface area contributed by atoms with E-state index in [1.165, 1.54) is 26.4 Å². The molecule has 0 bridgehead atoms. The number of amides is 1. The Morgan fingerprint density at radius 2 is 1.71 bits per heavy atom. The van der Waals surface area contributed by atoms with Gasteiger partial charge in [-0.2, -0.15) is 0 Å². The minimum Gasteiger partial charge on any atom is -0.466 e. The van der Waals surface area contributed by atoms with Gasteiger partial charge >= 0.3 is 11.9 Å². The van der Waals surface area contributed by atoms with Crippen LogP contribution in [0.1, 0.15) is 35.8 Å². The molecule has 1 aliphatic heterocycles. The van der Waals surface area contributed by atoms with Crippen molar-refractivity contribution < 1.29 is 32.3 Å².